The van der Waals surface area contributed by atoms with Crippen LogP contribution in [0.1, 0.15) is 5.69 Å². The Hall–Kier alpha value is -3.95. The number of hydrogen-bond donors (Lipinski definition) is 2. The van der Waals surface area contributed by atoms with Crippen LogP contribution in [0, 0.1) is 5.82 Å². The summed E-state index contributed by atoms with van der Waals surface area (Å²) in [6, 6.07) is 14.8. The van der Waals surface area contributed by atoms with Crippen LogP contribution in [0.5, 0.6) is 11.5 Å². The minimum atomic E-state index is -4.54. The van der Waals surface area contributed by atoms with Gasteiger partial charge < -0.3 is 15.9 Å². The SMILES string of the molecule is NN=C(C=Nc1ccc(Oc2ccccc2F)cc1)CNc1ccnc(C(F)(F)F)c1. The van der Waals surface area contributed by atoms with Crippen LogP contribution >= 0.6 is 0 Å². The van der Waals surface area contributed by atoms with Crippen molar-refractivity contribution in [2.45, 2.75) is 6.18 Å². The molecule has 0 bridgehead atoms. The van der Waals surface area contributed by atoms with Gasteiger partial charge in [-0.2, -0.15) is 18.3 Å². The van der Waals surface area contributed by atoms with Gasteiger partial charge in [-0.1, -0.05) is 12.1 Å². The van der Waals surface area contributed by atoms with Gasteiger partial charge in [0.05, 0.1) is 24.2 Å². The standard InChI is InChI=1S/C21H17F4N5O/c22-18-3-1-2-4-19(18)31-17-7-5-14(6-8-17)28-12-16(30-26)13-29-15-9-10-27-20(11-15)21(23,24)25/h1-12H,13,26H2,(H,27,29). The molecular formula is C21H17F4N5O. The fourth-order valence-electron chi connectivity index (χ4n) is 2.42. The first-order valence-corrected chi connectivity index (χ1v) is 8.95. The minimum Gasteiger partial charge on any atom is -0.454 e. The van der Waals surface area contributed by atoms with E-state index in [-0.39, 0.29) is 18.0 Å². The summed E-state index contributed by atoms with van der Waals surface area (Å²) in [5.41, 5.74) is 0.0592. The number of aliphatic imine (C=N–C) groups is 1. The molecule has 0 amide bonds. The van der Waals surface area contributed by atoms with Crippen molar-refractivity contribution in [1.29, 1.82) is 0 Å². The number of benzene rings is 2. The number of rotatable bonds is 7. The lowest BCUT2D eigenvalue weighted by Crippen LogP contribution is -2.17. The molecule has 0 atom stereocenters. The van der Waals surface area contributed by atoms with Gasteiger partial charge in [0.15, 0.2) is 11.6 Å². The molecule has 3 rings (SSSR count). The summed E-state index contributed by atoms with van der Waals surface area (Å²) in [7, 11) is 0. The predicted octanol–water partition coefficient (Wildman–Crippen LogP) is 5.16. The van der Waals surface area contributed by atoms with Gasteiger partial charge >= 0.3 is 6.18 Å². The third-order valence-corrected chi connectivity index (χ3v) is 3.95. The zero-order valence-electron chi connectivity index (χ0n) is 16.0. The number of nitrogens with one attached hydrogen (secondary N) is 1. The molecule has 6 nitrogen and oxygen atoms in total. The Morgan fingerprint density at radius 3 is 2.52 bits per heavy atom. The highest BCUT2D eigenvalue weighted by atomic mass is 19.4. The van der Waals surface area contributed by atoms with Crippen molar-refractivity contribution in [2.75, 3.05) is 11.9 Å². The Balaban J connectivity index is 1.59. The number of hydrogen-bond acceptors (Lipinski definition) is 6. The van der Waals surface area contributed by atoms with Gasteiger partial charge in [0.2, 0.25) is 0 Å². The summed E-state index contributed by atoms with van der Waals surface area (Å²) in [5, 5.41) is 6.36. The van der Waals surface area contributed by atoms with Gasteiger partial charge in [-0.15, -0.1) is 0 Å². The maximum atomic E-state index is 13.6. The third-order valence-electron chi connectivity index (χ3n) is 3.95. The van der Waals surface area contributed by atoms with Gasteiger partial charge in [0.1, 0.15) is 11.4 Å². The van der Waals surface area contributed by atoms with E-state index >= 15 is 0 Å². The topological polar surface area (TPSA) is 84.9 Å². The van der Waals surface area contributed by atoms with Crippen LogP contribution in [0.4, 0.5) is 28.9 Å². The van der Waals surface area contributed by atoms with E-state index in [2.05, 4.69) is 20.4 Å². The summed E-state index contributed by atoms with van der Waals surface area (Å²) >= 11 is 0. The van der Waals surface area contributed by atoms with Crippen LogP contribution in [-0.4, -0.2) is 23.5 Å². The van der Waals surface area contributed by atoms with Crippen LogP contribution in [-0.2, 0) is 6.18 Å². The minimum absolute atomic E-state index is 0.0514. The molecule has 0 unspecified atom stereocenters. The smallest absolute Gasteiger partial charge is 0.433 e. The molecule has 0 aliphatic rings. The second-order valence-corrected chi connectivity index (χ2v) is 6.19. The van der Waals surface area contributed by atoms with E-state index in [1.165, 1.54) is 24.4 Å². The Morgan fingerprint density at radius 1 is 1.10 bits per heavy atom. The lowest BCUT2D eigenvalue weighted by molar-refractivity contribution is -0.141. The molecule has 0 aliphatic carbocycles. The second-order valence-electron chi connectivity index (χ2n) is 6.19. The summed E-state index contributed by atoms with van der Waals surface area (Å²) < 4.78 is 57.3. The van der Waals surface area contributed by atoms with Gasteiger partial charge in [0, 0.05) is 11.9 Å². The maximum absolute atomic E-state index is 13.6. The van der Waals surface area contributed by atoms with E-state index in [0.717, 1.165) is 12.3 Å². The van der Waals surface area contributed by atoms with Crippen LogP contribution in [0.15, 0.2) is 77.0 Å². The Kier molecular flexibility index (Phi) is 6.81. The molecular weight excluding hydrogens is 414 g/mol. The molecule has 0 saturated carbocycles. The Labute approximate surface area is 175 Å². The van der Waals surface area contributed by atoms with E-state index in [0.29, 0.717) is 17.1 Å². The van der Waals surface area contributed by atoms with Gasteiger partial charge in [0.25, 0.3) is 0 Å². The van der Waals surface area contributed by atoms with Crippen LogP contribution < -0.4 is 15.9 Å². The normalized spacial score (nSPS) is 12.2. The van der Waals surface area contributed by atoms with Crippen molar-refractivity contribution in [3.8, 4) is 11.5 Å². The summed E-state index contributed by atoms with van der Waals surface area (Å²) in [6.07, 6.45) is -2.10. The molecule has 160 valence electrons. The van der Waals surface area contributed by atoms with Gasteiger partial charge in [-0.3, -0.25) is 9.98 Å². The lowest BCUT2D eigenvalue weighted by atomic mass is 10.3. The van der Waals surface area contributed by atoms with E-state index < -0.39 is 17.7 Å². The first kappa shape index (κ1) is 21.8. The van der Waals surface area contributed by atoms with Crippen LogP contribution in [0.3, 0.4) is 0 Å². The first-order valence-electron chi connectivity index (χ1n) is 8.95. The largest absolute Gasteiger partial charge is 0.454 e. The molecule has 0 radical (unpaired) electrons. The van der Waals surface area contributed by atoms with E-state index in [1.54, 1.807) is 36.4 Å². The molecule has 0 aliphatic heterocycles. The van der Waals surface area contributed by atoms with Crippen LogP contribution in [0.25, 0.3) is 0 Å². The number of alkyl halides is 3. The molecule has 10 heteroatoms. The average Bonchev–Trinajstić information content (AvgIpc) is 2.76. The van der Waals surface area contributed by atoms with Crippen LogP contribution in [0.2, 0.25) is 0 Å². The molecule has 31 heavy (non-hydrogen) atoms. The molecule has 0 spiro atoms. The van der Waals surface area contributed by atoms with Gasteiger partial charge in [-0.25, -0.2) is 4.39 Å². The van der Waals surface area contributed by atoms with Crippen molar-refractivity contribution in [3.63, 3.8) is 0 Å². The second kappa shape index (κ2) is 9.70. The van der Waals surface area contributed by atoms with E-state index in [9.17, 15) is 17.6 Å². The Morgan fingerprint density at radius 2 is 1.84 bits per heavy atom. The average molecular weight is 431 g/mol. The summed E-state index contributed by atoms with van der Waals surface area (Å²) in [6.45, 7) is 0.0514. The predicted molar refractivity (Wildman–Crippen MR) is 110 cm³/mol. The molecule has 1 heterocycles. The third kappa shape index (κ3) is 6.26. The zero-order chi connectivity index (χ0) is 22.3. The highest BCUT2D eigenvalue weighted by Crippen LogP contribution is 2.29. The fraction of sp³-hybridized carbons (Fsp3) is 0.0952. The first-order chi connectivity index (χ1) is 14.8. The molecule has 0 saturated heterocycles. The molecule has 2 aromatic carbocycles. The fourth-order valence-corrected chi connectivity index (χ4v) is 2.42. The zero-order valence-corrected chi connectivity index (χ0v) is 16.0. The quantitative estimate of drug-likeness (QED) is 0.234. The number of pyridine rings is 1. The number of hydrazone groups is 1. The molecule has 3 N–H and O–H groups in total. The molecule has 0 fully saturated rings. The van der Waals surface area contributed by atoms with Gasteiger partial charge in [-0.05, 0) is 48.5 Å². The molecule has 3 aromatic rings. The highest BCUT2D eigenvalue weighted by molar-refractivity contribution is 6.32. The van der Waals surface area contributed by atoms with Crippen molar-refractivity contribution >= 4 is 23.3 Å². The number of para-hydroxylation sites is 1. The number of nitrogens with two attached hydrogens (primary N) is 1. The highest BCUT2D eigenvalue weighted by Gasteiger charge is 2.32. The van der Waals surface area contributed by atoms with Crippen molar-refractivity contribution in [3.05, 3.63) is 78.4 Å². The summed E-state index contributed by atoms with van der Waals surface area (Å²) in [5.74, 6) is 5.39. The number of anilines is 1. The van der Waals surface area contributed by atoms with Crippen molar-refractivity contribution in [1.82, 2.24) is 4.98 Å². The number of halogens is 4. The van der Waals surface area contributed by atoms with E-state index in [1.807, 2.05) is 0 Å². The maximum Gasteiger partial charge on any atom is 0.433 e. The van der Waals surface area contributed by atoms with Crippen molar-refractivity contribution in [2.24, 2.45) is 15.9 Å². The summed E-state index contributed by atoms with van der Waals surface area (Å²) in [4.78, 5) is 7.51. The van der Waals surface area contributed by atoms with E-state index in [4.69, 9.17) is 10.6 Å². The molecule has 1 aromatic heterocycles. The monoisotopic (exact) mass is 431 g/mol. The lowest BCUT2D eigenvalue weighted by Gasteiger charge is -2.09. The Bertz CT molecular complexity index is 1080. The number of aromatic nitrogens is 1. The number of ether oxygens (including phenoxy) is 1. The van der Waals surface area contributed by atoms with Crippen molar-refractivity contribution < 1.29 is 22.3 Å². The number of nitrogens with zero attached hydrogens (tertiary/aromatic N) is 3.